The SMILES string of the molecule is CO[C@@H]1[C@H](O[Si](C)(C)C(C)(C)C)[C@@H](/C=C/OP(O)(O)=S)O[C@H]1n1ccc(=O)[nH]c1=O. The number of methoxy groups -OCH3 is 1. The number of aromatic amines is 1. The van der Waals surface area contributed by atoms with Crippen LogP contribution in [0.15, 0.2) is 34.2 Å². The number of nitrogens with one attached hydrogen (secondary N) is 1. The summed E-state index contributed by atoms with van der Waals surface area (Å²) < 4.78 is 24.2. The predicted octanol–water partition coefficient (Wildman–Crippen LogP) is 1.58. The fourth-order valence-corrected chi connectivity index (χ4v) is 4.45. The lowest BCUT2D eigenvalue weighted by molar-refractivity contribution is -0.0483. The van der Waals surface area contributed by atoms with Crippen LogP contribution in [0.5, 0.6) is 0 Å². The third-order valence-electron chi connectivity index (χ3n) is 5.33. The molecule has 0 unspecified atom stereocenters. The molecule has 0 aromatic carbocycles. The van der Waals surface area contributed by atoms with Crippen molar-refractivity contribution in [3.05, 3.63) is 45.4 Å². The Labute approximate surface area is 180 Å². The fraction of sp³-hybridized carbons (Fsp3) is 0.647. The Morgan fingerprint density at radius 1 is 1.30 bits per heavy atom. The molecule has 1 fully saturated rings. The van der Waals surface area contributed by atoms with Gasteiger partial charge in [-0.2, -0.15) is 0 Å². The fourth-order valence-electron chi connectivity index (χ4n) is 2.76. The molecule has 4 atom stereocenters. The van der Waals surface area contributed by atoms with Crippen molar-refractivity contribution >= 4 is 26.8 Å². The van der Waals surface area contributed by atoms with Gasteiger partial charge in [0.15, 0.2) is 14.5 Å². The Balaban J connectivity index is 2.44. The molecule has 1 aliphatic rings. The van der Waals surface area contributed by atoms with E-state index in [1.165, 1.54) is 30.0 Å². The van der Waals surface area contributed by atoms with Gasteiger partial charge in [-0.3, -0.25) is 14.3 Å². The van der Waals surface area contributed by atoms with Gasteiger partial charge in [-0.05, 0) is 24.2 Å². The second kappa shape index (κ2) is 9.17. The van der Waals surface area contributed by atoms with Gasteiger partial charge < -0.3 is 28.2 Å². The van der Waals surface area contributed by atoms with Gasteiger partial charge in [0.2, 0.25) is 0 Å². The quantitative estimate of drug-likeness (QED) is 0.302. The lowest BCUT2D eigenvalue weighted by atomic mass is 10.1. The molecule has 0 saturated carbocycles. The zero-order valence-electron chi connectivity index (χ0n) is 17.8. The van der Waals surface area contributed by atoms with E-state index in [-0.39, 0.29) is 5.04 Å². The first kappa shape index (κ1) is 25.2. The molecule has 0 amide bonds. The smallest absolute Gasteiger partial charge is 0.374 e. The molecule has 0 spiro atoms. The maximum Gasteiger partial charge on any atom is 0.374 e. The number of hydrogen-bond acceptors (Lipinski definition) is 7. The number of nitrogens with zero attached hydrogens (tertiary/aromatic N) is 1. The van der Waals surface area contributed by atoms with Gasteiger partial charge in [-0.25, -0.2) is 4.79 Å². The highest BCUT2D eigenvalue weighted by Gasteiger charge is 2.50. The molecule has 1 aromatic rings. The second-order valence-electron chi connectivity index (χ2n) is 8.48. The van der Waals surface area contributed by atoms with Gasteiger partial charge >= 0.3 is 12.4 Å². The minimum Gasteiger partial charge on any atom is -0.433 e. The summed E-state index contributed by atoms with van der Waals surface area (Å²) in [6, 6.07) is 1.21. The van der Waals surface area contributed by atoms with Crippen LogP contribution >= 0.6 is 6.72 Å². The summed E-state index contributed by atoms with van der Waals surface area (Å²) >= 11 is 4.45. The van der Waals surface area contributed by atoms with E-state index in [4.69, 9.17) is 18.4 Å². The summed E-state index contributed by atoms with van der Waals surface area (Å²) in [7, 11) is -0.815. The maximum absolute atomic E-state index is 12.3. The number of hydrogen-bond donors (Lipinski definition) is 3. The minimum absolute atomic E-state index is 0.111. The van der Waals surface area contributed by atoms with Crippen molar-refractivity contribution in [1.29, 1.82) is 0 Å². The Kier molecular flexibility index (Phi) is 7.69. The van der Waals surface area contributed by atoms with Crippen LogP contribution in [0.3, 0.4) is 0 Å². The Morgan fingerprint density at radius 3 is 2.43 bits per heavy atom. The molecule has 3 N–H and O–H groups in total. The first-order valence-corrected chi connectivity index (χ1v) is 14.8. The standard InChI is InChI=1S/C17H29N2O8PSSi/c1-17(2,3)30(5,6)27-13-11(8-10-25-28(22,23)29)26-15(14(13)24-4)19-9-7-12(20)18-16(19)21/h7-11,13-15H,1-6H3,(H,18,20,21)(H2,22,23,29)/b10-8+/t11-,13-,14-,15-/m1/s1. The molecule has 2 heterocycles. The highest BCUT2D eigenvalue weighted by Crippen LogP contribution is 2.42. The molecule has 1 aliphatic heterocycles. The van der Waals surface area contributed by atoms with Crippen molar-refractivity contribution < 1.29 is 28.2 Å². The van der Waals surface area contributed by atoms with Crippen LogP contribution in [0.25, 0.3) is 0 Å². The minimum atomic E-state index is -3.89. The van der Waals surface area contributed by atoms with Gasteiger partial charge in [0.1, 0.15) is 18.3 Å². The lowest BCUT2D eigenvalue weighted by Gasteiger charge is -2.40. The van der Waals surface area contributed by atoms with Crippen LogP contribution in [-0.2, 0) is 30.2 Å². The summed E-state index contributed by atoms with van der Waals surface area (Å²) in [6.07, 6.45) is 0.861. The Morgan fingerprint density at radius 2 is 1.93 bits per heavy atom. The number of aromatic nitrogens is 2. The van der Waals surface area contributed by atoms with E-state index in [1.807, 2.05) is 0 Å². The first-order valence-electron chi connectivity index (χ1n) is 9.24. The Hall–Kier alpha value is -1.11. The topological polar surface area (TPSA) is 132 Å². The summed E-state index contributed by atoms with van der Waals surface area (Å²) in [4.78, 5) is 44.5. The van der Waals surface area contributed by atoms with Crippen molar-refractivity contribution in [2.45, 2.75) is 63.4 Å². The molecule has 170 valence electrons. The zero-order valence-corrected chi connectivity index (χ0v) is 20.5. The molecule has 1 aromatic heterocycles. The van der Waals surface area contributed by atoms with Crippen molar-refractivity contribution in [1.82, 2.24) is 9.55 Å². The van der Waals surface area contributed by atoms with Gasteiger partial charge in [-0.15, -0.1) is 0 Å². The van der Waals surface area contributed by atoms with Gasteiger partial charge in [0.25, 0.3) is 5.56 Å². The van der Waals surface area contributed by atoms with Crippen molar-refractivity contribution in [3.8, 4) is 0 Å². The molecule has 30 heavy (non-hydrogen) atoms. The summed E-state index contributed by atoms with van der Waals surface area (Å²) in [6.45, 7) is 6.51. The van der Waals surface area contributed by atoms with Gasteiger partial charge in [0, 0.05) is 31.2 Å². The van der Waals surface area contributed by atoms with Crippen LogP contribution in [0, 0.1) is 0 Å². The summed E-state index contributed by atoms with van der Waals surface area (Å²) in [5.74, 6) is 0. The molecule has 10 nitrogen and oxygen atoms in total. The average Bonchev–Trinajstić information content (AvgIpc) is 2.89. The molecule has 1 saturated heterocycles. The van der Waals surface area contributed by atoms with E-state index < -0.39 is 50.8 Å². The van der Waals surface area contributed by atoms with E-state index in [0.29, 0.717) is 0 Å². The molecule has 0 aliphatic carbocycles. The van der Waals surface area contributed by atoms with Crippen LogP contribution in [0.2, 0.25) is 18.1 Å². The monoisotopic (exact) mass is 480 g/mol. The van der Waals surface area contributed by atoms with Crippen molar-refractivity contribution in [3.63, 3.8) is 0 Å². The average molecular weight is 481 g/mol. The van der Waals surface area contributed by atoms with Crippen LogP contribution < -0.4 is 11.2 Å². The maximum atomic E-state index is 12.3. The van der Waals surface area contributed by atoms with E-state index >= 15 is 0 Å². The van der Waals surface area contributed by atoms with E-state index in [1.54, 1.807) is 0 Å². The molecule has 2 rings (SSSR count). The zero-order chi connectivity index (χ0) is 22.9. The molecule has 0 radical (unpaired) electrons. The Bertz CT molecular complexity index is 935. The van der Waals surface area contributed by atoms with Crippen LogP contribution in [-0.4, -0.2) is 53.1 Å². The van der Waals surface area contributed by atoms with Gasteiger partial charge in [0.05, 0.1) is 6.26 Å². The second-order valence-corrected chi connectivity index (χ2v) is 15.9. The van der Waals surface area contributed by atoms with Crippen molar-refractivity contribution in [2.75, 3.05) is 7.11 Å². The molecule has 0 bridgehead atoms. The lowest BCUT2D eigenvalue weighted by Crippen LogP contribution is -2.49. The summed E-state index contributed by atoms with van der Waals surface area (Å²) in [5, 5.41) is -0.111. The van der Waals surface area contributed by atoms with Gasteiger partial charge in [-0.1, -0.05) is 20.8 Å². The highest BCUT2D eigenvalue weighted by molar-refractivity contribution is 8.06. The normalized spacial score (nSPS) is 25.7. The third-order valence-corrected chi connectivity index (χ3v) is 10.5. The summed E-state index contributed by atoms with van der Waals surface area (Å²) in [5.41, 5.74) is -1.18. The number of ether oxygens (including phenoxy) is 2. The van der Waals surface area contributed by atoms with Crippen molar-refractivity contribution in [2.24, 2.45) is 0 Å². The molecule has 13 heteroatoms. The van der Waals surface area contributed by atoms with E-state index in [2.05, 4.69) is 50.7 Å². The number of rotatable bonds is 7. The largest absolute Gasteiger partial charge is 0.433 e. The van der Waals surface area contributed by atoms with E-state index in [9.17, 15) is 19.4 Å². The predicted molar refractivity (Wildman–Crippen MR) is 117 cm³/mol. The molecular weight excluding hydrogens is 451 g/mol. The highest BCUT2D eigenvalue weighted by atomic mass is 32.5. The van der Waals surface area contributed by atoms with Crippen LogP contribution in [0.1, 0.15) is 27.0 Å². The first-order chi connectivity index (χ1) is 13.7. The molecular formula is C17H29N2O8PSSi. The van der Waals surface area contributed by atoms with E-state index in [0.717, 1.165) is 6.26 Å². The number of H-pyrrole nitrogens is 1. The van der Waals surface area contributed by atoms with Crippen LogP contribution in [0.4, 0.5) is 0 Å². The third kappa shape index (κ3) is 5.98.